The summed E-state index contributed by atoms with van der Waals surface area (Å²) in [6, 6.07) is 4.14. The highest BCUT2D eigenvalue weighted by Gasteiger charge is 2.40. The molecule has 1 aliphatic heterocycles. The largest absolute Gasteiger partial charge is 0.508 e. The third-order valence-corrected chi connectivity index (χ3v) is 18.0. The van der Waals surface area contributed by atoms with E-state index in [2.05, 4.69) is 21.3 Å². The van der Waals surface area contributed by atoms with Crippen molar-refractivity contribution in [1.82, 2.24) is 36.1 Å². The van der Waals surface area contributed by atoms with Crippen LogP contribution in [0, 0.1) is 29.6 Å². The first-order chi connectivity index (χ1) is 36.8. The maximum Gasteiger partial charge on any atom is 0.307 e. The van der Waals surface area contributed by atoms with E-state index in [0.29, 0.717) is 49.5 Å². The number of esters is 2. The average molecular weight is 1130 g/mol. The third kappa shape index (κ3) is 23.1. The monoisotopic (exact) mass is 1130 g/mol. The molecule has 1 aromatic carbocycles. The van der Waals surface area contributed by atoms with Crippen LogP contribution < -0.4 is 21.3 Å². The number of rotatable bonds is 30. The number of likely N-dealkylation sites (N-methyl/N-ethyl adjacent to an activating group) is 1. The smallest absolute Gasteiger partial charge is 0.307 e. The van der Waals surface area contributed by atoms with Gasteiger partial charge in [-0.05, 0) is 87.6 Å². The molecule has 2 fully saturated rings. The van der Waals surface area contributed by atoms with Crippen molar-refractivity contribution in [2.45, 2.75) is 188 Å². The molecule has 432 valence electrons. The molecule has 5 N–H and O–H groups in total. The average Bonchev–Trinajstić information content (AvgIpc) is 3.93. The van der Waals surface area contributed by atoms with Gasteiger partial charge in [-0.15, -0.1) is 11.3 Å². The van der Waals surface area contributed by atoms with Gasteiger partial charge in [0.1, 0.15) is 22.5 Å². The summed E-state index contributed by atoms with van der Waals surface area (Å²) in [6.07, 6.45) is 12.1. The van der Waals surface area contributed by atoms with Crippen LogP contribution in [0.3, 0.4) is 0 Å². The number of aromatic nitrogens is 1. The Labute approximate surface area is 470 Å². The predicted molar refractivity (Wildman–Crippen MR) is 307 cm³/mol. The van der Waals surface area contributed by atoms with Crippen LogP contribution in [0.25, 0.3) is 0 Å². The van der Waals surface area contributed by atoms with Crippen LogP contribution in [0.15, 0.2) is 29.6 Å². The van der Waals surface area contributed by atoms with E-state index in [1.165, 1.54) is 37.5 Å². The SMILES string of the molecule is CC[C@H](C)[C@H](NC(=O)C1CCCCN1C)C(=O)N(COC(=O)CC(C)C)[C@H](C[C@@H](OC(C)=O)c1nc(C(=O)N[C@@H](Cc2ccc(O)cc2)C[C@H](C)C(=O)NCCSSCCNC(=O)C2CCCCCCCC2)cs1)C(C)C. The number of carbonyl (C=O) groups excluding carboxylic acids is 7. The topological polar surface area (TPSA) is 226 Å². The van der Waals surface area contributed by atoms with E-state index in [9.17, 15) is 38.7 Å². The van der Waals surface area contributed by atoms with E-state index < -0.39 is 60.6 Å². The molecular weight excluding hydrogens is 1040 g/mol. The number of nitrogens with zero attached hydrogens (tertiary/aromatic N) is 3. The number of phenolic OH excluding ortho intramolecular Hbond substituents is 1. The van der Waals surface area contributed by atoms with Gasteiger partial charge in [-0.3, -0.25) is 38.5 Å². The van der Waals surface area contributed by atoms with Gasteiger partial charge in [0.2, 0.25) is 23.6 Å². The third-order valence-electron chi connectivity index (χ3n) is 14.7. The lowest BCUT2D eigenvalue weighted by atomic mass is 9.92. The minimum absolute atomic E-state index is 0.00986. The van der Waals surface area contributed by atoms with Gasteiger partial charge in [-0.25, -0.2) is 4.98 Å². The number of amides is 5. The fourth-order valence-electron chi connectivity index (χ4n) is 9.96. The summed E-state index contributed by atoms with van der Waals surface area (Å²) in [7, 11) is 5.22. The molecule has 0 radical (unpaired) electrons. The van der Waals surface area contributed by atoms with Gasteiger partial charge >= 0.3 is 11.9 Å². The van der Waals surface area contributed by atoms with Crippen molar-refractivity contribution in [2.24, 2.45) is 29.6 Å². The van der Waals surface area contributed by atoms with E-state index in [-0.39, 0.29) is 71.7 Å². The summed E-state index contributed by atoms with van der Waals surface area (Å²) < 4.78 is 11.7. The number of hydrogen-bond donors (Lipinski definition) is 5. The normalized spacial score (nSPS) is 18.0. The number of carbonyl (C=O) groups is 7. The van der Waals surface area contributed by atoms with Crippen molar-refractivity contribution in [1.29, 1.82) is 0 Å². The number of likely N-dealkylation sites (tertiary alicyclic amines) is 1. The molecule has 1 aromatic heterocycles. The molecule has 1 unspecified atom stereocenters. The summed E-state index contributed by atoms with van der Waals surface area (Å²) >= 11 is 1.13. The maximum atomic E-state index is 15.0. The molecular formula is C57H91N7O10S3. The van der Waals surface area contributed by atoms with E-state index in [1.807, 2.05) is 60.4 Å². The highest BCUT2D eigenvalue weighted by molar-refractivity contribution is 8.76. The first-order valence-corrected chi connectivity index (χ1v) is 31.6. The Morgan fingerprint density at radius 2 is 1.47 bits per heavy atom. The number of hydrogen-bond acceptors (Lipinski definition) is 15. The van der Waals surface area contributed by atoms with Gasteiger partial charge in [-0.2, -0.15) is 0 Å². The van der Waals surface area contributed by atoms with Crippen LogP contribution in [0.2, 0.25) is 0 Å². The molecule has 4 rings (SSSR count). The first-order valence-electron chi connectivity index (χ1n) is 28.3. The highest BCUT2D eigenvalue weighted by atomic mass is 33.1. The van der Waals surface area contributed by atoms with Crippen molar-refractivity contribution in [3.05, 3.63) is 45.9 Å². The lowest BCUT2D eigenvalue weighted by Gasteiger charge is -2.39. The Bertz CT molecular complexity index is 2150. The van der Waals surface area contributed by atoms with Crippen molar-refractivity contribution < 1.29 is 48.1 Å². The molecule has 2 heterocycles. The van der Waals surface area contributed by atoms with Crippen LogP contribution in [-0.4, -0.2) is 130 Å². The second-order valence-corrected chi connectivity index (χ2v) is 25.5. The quantitative estimate of drug-likeness (QED) is 0.0213. The highest BCUT2D eigenvalue weighted by Crippen LogP contribution is 2.32. The van der Waals surface area contributed by atoms with Gasteiger partial charge in [0, 0.05) is 73.7 Å². The van der Waals surface area contributed by atoms with Crippen LogP contribution in [-0.2, 0) is 44.7 Å². The molecule has 0 bridgehead atoms. The zero-order chi connectivity index (χ0) is 56.4. The van der Waals surface area contributed by atoms with E-state index in [1.54, 1.807) is 51.2 Å². The lowest BCUT2D eigenvalue weighted by Crippen LogP contribution is -2.59. The standard InChI is InChI=1S/C57H91N7O10S3/c1-10-39(6)51(62-55(71)47-21-17-18-28-63(47)9)57(72)64(36-73-50(67)31-37(2)3)48(38(4)5)34-49(74-41(8)65)56-61-46(35-75-56)54(70)60-44(33-42-22-24-45(66)25-23-42)32-40(7)52(68)58-26-29-76-77-30-27-59-53(69)43-19-15-13-11-12-14-16-20-43/h22-25,35,37-40,43-44,47-49,51,66H,10-21,26-34,36H2,1-9H3,(H,58,68)(H,59,69)(H,60,70)(H,62,71)/t39-,40-,44+,47?,48+,49+,51-/m0/s1. The van der Waals surface area contributed by atoms with Gasteiger partial charge in [0.05, 0.1) is 6.04 Å². The molecule has 20 heteroatoms. The summed E-state index contributed by atoms with van der Waals surface area (Å²) in [5.74, 6) is -1.57. The summed E-state index contributed by atoms with van der Waals surface area (Å²) in [5, 5.41) is 24.2. The van der Waals surface area contributed by atoms with Gasteiger partial charge in [-0.1, -0.05) is 134 Å². The van der Waals surface area contributed by atoms with Crippen molar-refractivity contribution in [3.8, 4) is 5.75 Å². The molecule has 5 amide bonds. The lowest BCUT2D eigenvalue weighted by molar-refractivity contribution is -0.161. The number of aromatic hydroxyl groups is 1. The molecule has 2 aliphatic rings. The number of phenols is 1. The second-order valence-electron chi connectivity index (χ2n) is 21.9. The molecule has 77 heavy (non-hydrogen) atoms. The molecule has 17 nitrogen and oxygen atoms in total. The van der Waals surface area contributed by atoms with Crippen molar-refractivity contribution in [2.75, 3.05) is 44.9 Å². The second kappa shape index (κ2) is 34.6. The minimum Gasteiger partial charge on any atom is -0.508 e. The Hall–Kier alpha value is -4.40. The molecule has 1 saturated carbocycles. The fourth-order valence-corrected chi connectivity index (χ4v) is 12.6. The molecule has 2 aromatic rings. The van der Waals surface area contributed by atoms with E-state index in [4.69, 9.17) is 14.5 Å². The van der Waals surface area contributed by atoms with Crippen LogP contribution >= 0.6 is 32.9 Å². The Morgan fingerprint density at radius 1 is 0.831 bits per heavy atom. The maximum absolute atomic E-state index is 15.0. The Balaban J connectivity index is 1.45. The van der Waals surface area contributed by atoms with Crippen molar-refractivity contribution in [3.63, 3.8) is 0 Å². The molecule has 1 saturated heterocycles. The van der Waals surface area contributed by atoms with E-state index in [0.717, 1.165) is 67.7 Å². The predicted octanol–water partition coefficient (Wildman–Crippen LogP) is 8.99. The van der Waals surface area contributed by atoms with Crippen molar-refractivity contribution >= 4 is 74.4 Å². The van der Waals surface area contributed by atoms with Gasteiger partial charge in [0.25, 0.3) is 5.91 Å². The zero-order valence-electron chi connectivity index (χ0n) is 47.4. The molecule has 7 atom stereocenters. The Kier molecular flexibility index (Phi) is 29.2. The number of thiazole rings is 1. The Morgan fingerprint density at radius 3 is 2.08 bits per heavy atom. The van der Waals surface area contributed by atoms with E-state index >= 15 is 0 Å². The van der Waals surface area contributed by atoms with Crippen LogP contribution in [0.4, 0.5) is 0 Å². The van der Waals surface area contributed by atoms with Crippen LogP contribution in [0.5, 0.6) is 5.75 Å². The van der Waals surface area contributed by atoms with Crippen LogP contribution in [0.1, 0.15) is 179 Å². The minimum atomic E-state index is -1.01. The fraction of sp³-hybridized carbons (Fsp3) is 0.719. The molecule has 1 aliphatic carbocycles. The van der Waals surface area contributed by atoms with Gasteiger partial charge in [0.15, 0.2) is 12.8 Å². The number of piperidine rings is 1. The summed E-state index contributed by atoms with van der Waals surface area (Å²) in [5.41, 5.74) is 0.910. The summed E-state index contributed by atoms with van der Waals surface area (Å²) in [6.45, 7) is 16.0. The van der Waals surface area contributed by atoms with Gasteiger partial charge < -0.3 is 40.7 Å². The number of nitrogens with one attached hydrogen (secondary N) is 4. The molecule has 0 spiro atoms. The summed E-state index contributed by atoms with van der Waals surface area (Å²) in [4.78, 5) is 103. The first kappa shape index (κ1) is 65.1. The number of ether oxygens (including phenoxy) is 2. The number of benzene rings is 1. The zero-order valence-corrected chi connectivity index (χ0v) is 49.9.